The Morgan fingerprint density at radius 2 is 1.88 bits per heavy atom. The fourth-order valence-electron chi connectivity index (χ4n) is 6.38. The maximum Gasteiger partial charge on any atom is 0.235 e. The lowest BCUT2D eigenvalue weighted by molar-refractivity contribution is -0.213. The van der Waals surface area contributed by atoms with Crippen molar-refractivity contribution in [3.63, 3.8) is 0 Å². The minimum absolute atomic E-state index is 0.0391. The van der Waals surface area contributed by atoms with Crippen LogP contribution in [0.25, 0.3) is 0 Å². The maximum atomic E-state index is 14.3. The molecule has 6 fully saturated rings. The number of aromatic nitrogens is 2. The molecular weight excluding hydrogens is 501 g/mol. The van der Waals surface area contributed by atoms with Crippen molar-refractivity contribution in [2.24, 2.45) is 5.41 Å². The highest BCUT2D eigenvalue weighted by Crippen LogP contribution is 2.70. The van der Waals surface area contributed by atoms with Crippen LogP contribution >= 0.6 is 15.9 Å². The van der Waals surface area contributed by atoms with Crippen LogP contribution in [0.2, 0.25) is 0 Å². The highest BCUT2D eigenvalue weighted by molar-refractivity contribution is 9.10. The third-order valence-corrected chi connectivity index (χ3v) is 9.05. The SMILES string of the molecule is CC(C)(C)c1noc(C23CCC(CN(C(=O)C45CC(F)(C4)C5)c4cccc(Br)c4)(CC2)OC3)n1. The molecule has 34 heavy (non-hydrogen) atoms. The first-order chi connectivity index (χ1) is 16.0. The van der Waals surface area contributed by atoms with Crippen molar-refractivity contribution in [2.45, 2.75) is 87.8 Å². The first kappa shape index (κ1) is 22.7. The van der Waals surface area contributed by atoms with Crippen molar-refractivity contribution in [1.29, 1.82) is 0 Å². The number of benzene rings is 1. The number of carbonyl (C=O) groups excluding carboxylic acids is 1. The molecule has 0 spiro atoms. The third kappa shape index (κ3) is 3.39. The summed E-state index contributed by atoms with van der Waals surface area (Å²) in [5, 5.41) is 4.23. The summed E-state index contributed by atoms with van der Waals surface area (Å²) in [4.78, 5) is 20.3. The average Bonchev–Trinajstić information content (AvgIpc) is 3.27. The summed E-state index contributed by atoms with van der Waals surface area (Å²) < 4.78 is 27.4. The second kappa shape index (κ2) is 7.12. The van der Waals surface area contributed by atoms with Gasteiger partial charge >= 0.3 is 0 Å². The maximum absolute atomic E-state index is 14.3. The molecule has 8 heteroatoms. The van der Waals surface area contributed by atoms with E-state index < -0.39 is 16.7 Å². The molecule has 4 saturated carbocycles. The Morgan fingerprint density at radius 3 is 2.41 bits per heavy atom. The highest BCUT2D eigenvalue weighted by atomic mass is 79.9. The van der Waals surface area contributed by atoms with E-state index in [0.29, 0.717) is 38.3 Å². The number of nitrogens with zero attached hydrogens (tertiary/aromatic N) is 3. The number of amides is 1. The van der Waals surface area contributed by atoms with Gasteiger partial charge in [0.1, 0.15) is 5.67 Å². The molecule has 6 nitrogen and oxygen atoms in total. The Bertz CT molecular complexity index is 1110. The number of hydrogen-bond acceptors (Lipinski definition) is 5. The topological polar surface area (TPSA) is 68.5 Å². The molecule has 2 aromatic rings. The van der Waals surface area contributed by atoms with Gasteiger partial charge in [-0.15, -0.1) is 0 Å². The predicted octanol–water partition coefficient (Wildman–Crippen LogP) is 5.64. The highest BCUT2D eigenvalue weighted by Gasteiger charge is 2.73. The second-order valence-corrected chi connectivity index (χ2v) is 13.2. The standard InChI is InChI=1S/C26H31BrFN3O3/c1-22(2,3)19-29-20(34-30-19)23-7-9-26(10-8-23,33-16-23)15-31(18-6-4-5-17(27)11-18)21(32)24-12-25(28,13-24)14-24/h4-6,11H,7-10,12-16H2,1-3H3. The summed E-state index contributed by atoms with van der Waals surface area (Å²) >= 11 is 3.54. The van der Waals surface area contributed by atoms with E-state index in [9.17, 15) is 9.18 Å². The minimum atomic E-state index is -1.11. The van der Waals surface area contributed by atoms with E-state index in [1.165, 1.54) is 0 Å². The second-order valence-electron chi connectivity index (χ2n) is 12.3. The molecule has 0 N–H and O–H groups in total. The van der Waals surface area contributed by atoms with Gasteiger partial charge in [-0.2, -0.15) is 4.98 Å². The van der Waals surface area contributed by atoms with Gasteiger partial charge in [-0.1, -0.05) is 47.9 Å². The fourth-order valence-corrected chi connectivity index (χ4v) is 6.76. The summed E-state index contributed by atoms with van der Waals surface area (Å²) in [6.07, 6.45) is 4.47. The average molecular weight is 532 g/mol. The molecule has 8 rings (SSSR count). The fraction of sp³-hybridized carbons (Fsp3) is 0.654. The summed E-state index contributed by atoms with van der Waals surface area (Å²) in [5.41, 5.74) is -1.64. The van der Waals surface area contributed by atoms with Gasteiger partial charge in [0.15, 0.2) is 5.82 Å². The Morgan fingerprint density at radius 1 is 1.18 bits per heavy atom. The largest absolute Gasteiger partial charge is 0.372 e. The molecule has 0 unspecified atom stereocenters. The number of anilines is 1. The molecule has 1 amide bonds. The normalized spacial score (nSPS) is 36.0. The molecule has 2 aliphatic heterocycles. The lowest BCUT2D eigenvalue weighted by Gasteiger charge is -2.65. The van der Waals surface area contributed by atoms with Crippen LogP contribution in [-0.2, 0) is 20.4 Å². The summed E-state index contributed by atoms with van der Waals surface area (Å²) in [6, 6.07) is 7.81. The van der Waals surface area contributed by atoms with E-state index in [4.69, 9.17) is 14.2 Å². The lowest BCUT2D eigenvalue weighted by Crippen LogP contribution is -2.71. The van der Waals surface area contributed by atoms with Crippen molar-refractivity contribution >= 4 is 27.5 Å². The van der Waals surface area contributed by atoms with Crippen molar-refractivity contribution in [3.05, 3.63) is 40.5 Å². The molecule has 4 bridgehead atoms. The van der Waals surface area contributed by atoms with Gasteiger partial charge in [-0.3, -0.25) is 4.79 Å². The van der Waals surface area contributed by atoms with Crippen LogP contribution in [0, 0.1) is 5.41 Å². The molecule has 4 aliphatic carbocycles. The quantitative estimate of drug-likeness (QED) is 0.499. The number of ether oxygens (including phenoxy) is 1. The molecule has 182 valence electrons. The van der Waals surface area contributed by atoms with Gasteiger partial charge in [-0.05, 0) is 63.1 Å². The number of halogens is 2. The number of alkyl halides is 1. The lowest BCUT2D eigenvalue weighted by atomic mass is 9.42. The molecular formula is C26H31BrFN3O3. The van der Waals surface area contributed by atoms with Crippen LogP contribution in [0.4, 0.5) is 10.1 Å². The van der Waals surface area contributed by atoms with Crippen LogP contribution in [0.1, 0.15) is 77.4 Å². The summed E-state index contributed by atoms with van der Waals surface area (Å²) in [7, 11) is 0. The van der Waals surface area contributed by atoms with Crippen LogP contribution in [0.15, 0.2) is 33.3 Å². The first-order valence-electron chi connectivity index (χ1n) is 12.2. The zero-order valence-corrected chi connectivity index (χ0v) is 21.6. The number of rotatable bonds is 5. The number of hydrogen-bond donors (Lipinski definition) is 0. The van der Waals surface area contributed by atoms with Crippen LogP contribution in [0.3, 0.4) is 0 Å². The van der Waals surface area contributed by atoms with Crippen LogP contribution < -0.4 is 4.90 Å². The van der Waals surface area contributed by atoms with Crippen molar-refractivity contribution < 1.29 is 18.4 Å². The van der Waals surface area contributed by atoms with Gasteiger partial charge in [0, 0.05) is 15.6 Å². The van der Waals surface area contributed by atoms with Gasteiger partial charge in [0.2, 0.25) is 11.8 Å². The van der Waals surface area contributed by atoms with E-state index in [0.717, 1.165) is 41.7 Å². The number of carbonyl (C=O) groups is 1. The van der Waals surface area contributed by atoms with Gasteiger partial charge < -0.3 is 14.2 Å². The van der Waals surface area contributed by atoms with Crippen molar-refractivity contribution in [3.8, 4) is 0 Å². The van der Waals surface area contributed by atoms with E-state index in [-0.39, 0.29) is 16.7 Å². The van der Waals surface area contributed by atoms with Crippen molar-refractivity contribution in [1.82, 2.24) is 10.1 Å². The molecule has 2 saturated heterocycles. The third-order valence-electron chi connectivity index (χ3n) is 8.55. The Kier molecular flexibility index (Phi) is 4.75. The van der Waals surface area contributed by atoms with Gasteiger partial charge in [-0.25, -0.2) is 4.39 Å². The van der Waals surface area contributed by atoms with Crippen LogP contribution in [0.5, 0.6) is 0 Å². The molecule has 1 aromatic heterocycles. The Hall–Kier alpha value is -1.80. The first-order valence-corrected chi connectivity index (χ1v) is 13.0. The molecule has 3 heterocycles. The minimum Gasteiger partial charge on any atom is -0.372 e. The summed E-state index contributed by atoms with van der Waals surface area (Å²) in [5.74, 6) is 1.43. The Labute approximate surface area is 207 Å². The molecule has 0 radical (unpaired) electrons. The Balaban J connectivity index is 1.23. The van der Waals surface area contributed by atoms with E-state index in [1.807, 2.05) is 29.2 Å². The monoisotopic (exact) mass is 531 g/mol. The van der Waals surface area contributed by atoms with Gasteiger partial charge in [0.25, 0.3) is 0 Å². The summed E-state index contributed by atoms with van der Waals surface area (Å²) in [6.45, 7) is 7.22. The molecule has 1 aromatic carbocycles. The zero-order valence-electron chi connectivity index (χ0n) is 20.0. The zero-order chi connectivity index (χ0) is 24.0. The van der Waals surface area contributed by atoms with E-state index in [2.05, 4.69) is 41.9 Å². The molecule has 0 atom stereocenters. The van der Waals surface area contributed by atoms with E-state index >= 15 is 0 Å². The predicted molar refractivity (Wildman–Crippen MR) is 128 cm³/mol. The van der Waals surface area contributed by atoms with Gasteiger partial charge in [0.05, 0.1) is 29.6 Å². The molecule has 6 aliphatic rings. The van der Waals surface area contributed by atoms with Crippen molar-refractivity contribution in [2.75, 3.05) is 18.1 Å². The van der Waals surface area contributed by atoms with E-state index in [1.54, 1.807) is 0 Å². The van der Waals surface area contributed by atoms with Crippen LogP contribution in [-0.4, -0.2) is 40.5 Å². The smallest absolute Gasteiger partial charge is 0.235 e. The number of fused-ring (bicyclic) bond motifs is 3.